The molecular weight excluding hydrogens is 295 g/mol. The van der Waals surface area contributed by atoms with E-state index in [9.17, 15) is 18.0 Å². The van der Waals surface area contributed by atoms with Crippen molar-refractivity contribution < 1.29 is 22.7 Å². The van der Waals surface area contributed by atoms with Crippen LogP contribution in [0.15, 0.2) is 12.1 Å². The van der Waals surface area contributed by atoms with Crippen molar-refractivity contribution in [2.45, 2.75) is 44.2 Å². The third kappa shape index (κ3) is 2.97. The summed E-state index contributed by atoms with van der Waals surface area (Å²) in [4.78, 5) is 13.8. The van der Waals surface area contributed by atoms with Crippen LogP contribution in [0.5, 0.6) is 0 Å². The van der Waals surface area contributed by atoms with Gasteiger partial charge in [0.05, 0.1) is 5.60 Å². The fourth-order valence-corrected chi connectivity index (χ4v) is 3.32. The molecule has 2 aliphatic rings. The summed E-state index contributed by atoms with van der Waals surface area (Å²) < 4.78 is 45.3. The van der Waals surface area contributed by atoms with E-state index < -0.39 is 17.5 Å². The number of carbonyl (C=O) groups excluding carboxylic acids is 1. The Kier molecular flexibility index (Phi) is 4.12. The lowest BCUT2D eigenvalue weighted by atomic mass is 9.92. The van der Waals surface area contributed by atoms with Crippen LogP contribution in [0.2, 0.25) is 0 Å². The van der Waals surface area contributed by atoms with Crippen LogP contribution in [0, 0.1) is 17.5 Å². The molecule has 1 aromatic carbocycles. The fourth-order valence-electron chi connectivity index (χ4n) is 3.32. The van der Waals surface area contributed by atoms with Gasteiger partial charge in [-0.3, -0.25) is 4.79 Å². The minimum absolute atomic E-state index is 0.0579. The molecule has 2 heterocycles. The summed E-state index contributed by atoms with van der Waals surface area (Å²) in [6, 6.07) is 1.89. The maximum atomic E-state index is 13.3. The molecule has 2 aliphatic heterocycles. The normalized spacial score (nSPS) is 25.8. The first kappa shape index (κ1) is 15.3. The number of amides is 1. The van der Waals surface area contributed by atoms with Gasteiger partial charge in [0.25, 0.3) is 0 Å². The summed E-state index contributed by atoms with van der Waals surface area (Å²) >= 11 is 0. The number of carbonyl (C=O) groups is 1. The first-order valence-corrected chi connectivity index (χ1v) is 7.54. The number of halogens is 3. The Bertz CT molecular complexity index is 562. The summed E-state index contributed by atoms with van der Waals surface area (Å²) in [5, 5.41) is 0. The summed E-state index contributed by atoms with van der Waals surface area (Å²) in [6.07, 6.45) is 3.74. The zero-order valence-corrected chi connectivity index (χ0v) is 12.2. The number of nitrogens with zero attached hydrogens (tertiary/aromatic N) is 1. The smallest absolute Gasteiger partial charge is 0.222 e. The van der Waals surface area contributed by atoms with Crippen molar-refractivity contribution in [2.24, 2.45) is 0 Å². The highest BCUT2D eigenvalue weighted by Gasteiger charge is 2.38. The van der Waals surface area contributed by atoms with Crippen molar-refractivity contribution >= 4 is 5.91 Å². The molecule has 1 spiro atoms. The zero-order chi connectivity index (χ0) is 15.7. The molecule has 0 aliphatic carbocycles. The van der Waals surface area contributed by atoms with Gasteiger partial charge in [0.15, 0.2) is 17.5 Å². The van der Waals surface area contributed by atoms with Crippen LogP contribution in [-0.4, -0.2) is 29.6 Å². The maximum absolute atomic E-state index is 13.3. The monoisotopic (exact) mass is 313 g/mol. The maximum Gasteiger partial charge on any atom is 0.222 e. The highest BCUT2D eigenvalue weighted by atomic mass is 19.2. The minimum atomic E-state index is -1.48. The van der Waals surface area contributed by atoms with Crippen LogP contribution >= 0.6 is 0 Å². The topological polar surface area (TPSA) is 29.5 Å². The van der Waals surface area contributed by atoms with Crippen molar-refractivity contribution in [3.63, 3.8) is 0 Å². The lowest BCUT2D eigenvalue weighted by Crippen LogP contribution is -2.32. The standard InChI is InChI=1S/C16H18F3NO2/c17-12-8-11(9-13(18)15(12)19)10-20-6-5-16(3-1-7-22-16)4-2-14(20)21/h8-9H,1-7,10H2/t16-/m0/s1. The average Bonchev–Trinajstić information content (AvgIpc) is 2.89. The van der Waals surface area contributed by atoms with E-state index in [1.807, 2.05) is 0 Å². The molecule has 22 heavy (non-hydrogen) atoms. The number of ether oxygens (including phenoxy) is 1. The largest absolute Gasteiger partial charge is 0.375 e. The molecule has 3 rings (SSSR count). The van der Waals surface area contributed by atoms with Crippen LogP contribution in [0.4, 0.5) is 13.2 Å². The zero-order valence-electron chi connectivity index (χ0n) is 12.2. The molecule has 6 heteroatoms. The van der Waals surface area contributed by atoms with Gasteiger partial charge in [0.2, 0.25) is 5.91 Å². The molecule has 3 nitrogen and oxygen atoms in total. The summed E-state index contributed by atoms with van der Waals surface area (Å²) in [7, 11) is 0. The second kappa shape index (κ2) is 5.91. The molecular formula is C16H18F3NO2. The van der Waals surface area contributed by atoms with Gasteiger partial charge in [-0.1, -0.05) is 0 Å². The third-order valence-electron chi connectivity index (χ3n) is 4.59. The van der Waals surface area contributed by atoms with E-state index in [2.05, 4.69) is 0 Å². The molecule has 1 aromatic rings. The van der Waals surface area contributed by atoms with E-state index in [0.717, 1.165) is 38.0 Å². The molecule has 0 unspecified atom stereocenters. The van der Waals surface area contributed by atoms with Crippen LogP contribution in [-0.2, 0) is 16.1 Å². The Hall–Kier alpha value is -1.56. The van der Waals surface area contributed by atoms with Crippen molar-refractivity contribution in [1.29, 1.82) is 0 Å². The summed E-state index contributed by atoms with van der Waals surface area (Å²) in [5.74, 6) is -4.00. The van der Waals surface area contributed by atoms with Crippen LogP contribution in [0.1, 0.15) is 37.7 Å². The first-order chi connectivity index (χ1) is 10.5. The van der Waals surface area contributed by atoms with Gasteiger partial charge < -0.3 is 9.64 Å². The van der Waals surface area contributed by atoms with Crippen LogP contribution < -0.4 is 0 Å². The molecule has 0 aromatic heterocycles. The van der Waals surface area contributed by atoms with Crippen LogP contribution in [0.3, 0.4) is 0 Å². The fraction of sp³-hybridized carbons (Fsp3) is 0.562. The lowest BCUT2D eigenvalue weighted by molar-refractivity contribution is -0.131. The van der Waals surface area contributed by atoms with E-state index in [0.29, 0.717) is 19.4 Å². The van der Waals surface area contributed by atoms with Gasteiger partial charge in [0, 0.05) is 26.1 Å². The van der Waals surface area contributed by atoms with Gasteiger partial charge in [-0.05, 0) is 43.4 Å². The molecule has 1 atom stereocenters. The Balaban J connectivity index is 1.73. The second-order valence-corrected chi connectivity index (χ2v) is 6.07. The van der Waals surface area contributed by atoms with E-state index in [1.54, 1.807) is 4.90 Å². The van der Waals surface area contributed by atoms with Gasteiger partial charge in [0.1, 0.15) is 0 Å². The van der Waals surface area contributed by atoms with Gasteiger partial charge in [-0.15, -0.1) is 0 Å². The van der Waals surface area contributed by atoms with Crippen molar-refractivity contribution in [3.8, 4) is 0 Å². The molecule has 2 fully saturated rings. The van der Waals surface area contributed by atoms with Crippen LogP contribution in [0.25, 0.3) is 0 Å². The molecule has 0 saturated carbocycles. The molecule has 2 saturated heterocycles. The predicted octanol–water partition coefficient (Wildman–Crippen LogP) is 3.17. The first-order valence-electron chi connectivity index (χ1n) is 7.54. The SMILES string of the molecule is O=C1CC[C@@]2(CCCO2)CCN1Cc1cc(F)c(F)c(F)c1. The Morgan fingerprint density at radius 1 is 1.14 bits per heavy atom. The Morgan fingerprint density at radius 2 is 1.86 bits per heavy atom. The highest BCUT2D eigenvalue weighted by Crippen LogP contribution is 2.36. The Morgan fingerprint density at radius 3 is 2.50 bits per heavy atom. The predicted molar refractivity (Wildman–Crippen MR) is 73.5 cm³/mol. The molecule has 0 radical (unpaired) electrons. The van der Waals surface area contributed by atoms with Gasteiger partial charge >= 0.3 is 0 Å². The molecule has 0 N–H and O–H groups in total. The van der Waals surface area contributed by atoms with Crippen molar-refractivity contribution in [1.82, 2.24) is 4.90 Å². The number of benzene rings is 1. The number of hydrogen-bond acceptors (Lipinski definition) is 2. The van der Waals surface area contributed by atoms with Gasteiger partial charge in [-0.2, -0.15) is 0 Å². The molecule has 1 amide bonds. The number of likely N-dealkylation sites (tertiary alicyclic amines) is 1. The van der Waals surface area contributed by atoms with Crippen molar-refractivity contribution in [2.75, 3.05) is 13.2 Å². The van der Waals surface area contributed by atoms with E-state index in [1.165, 1.54) is 0 Å². The number of rotatable bonds is 2. The van der Waals surface area contributed by atoms with E-state index in [4.69, 9.17) is 4.74 Å². The summed E-state index contributed by atoms with van der Waals surface area (Å²) in [6.45, 7) is 1.30. The molecule has 0 bridgehead atoms. The third-order valence-corrected chi connectivity index (χ3v) is 4.59. The quantitative estimate of drug-likeness (QED) is 0.785. The van der Waals surface area contributed by atoms with E-state index >= 15 is 0 Å². The van der Waals surface area contributed by atoms with Crippen molar-refractivity contribution in [3.05, 3.63) is 35.1 Å². The Labute approximate surface area is 127 Å². The van der Waals surface area contributed by atoms with Gasteiger partial charge in [-0.25, -0.2) is 13.2 Å². The minimum Gasteiger partial charge on any atom is -0.375 e. The lowest BCUT2D eigenvalue weighted by Gasteiger charge is -2.26. The van der Waals surface area contributed by atoms with E-state index in [-0.39, 0.29) is 23.6 Å². The number of hydrogen-bond donors (Lipinski definition) is 0. The molecule has 120 valence electrons. The highest BCUT2D eigenvalue weighted by molar-refractivity contribution is 5.76. The second-order valence-electron chi connectivity index (χ2n) is 6.07. The summed E-state index contributed by atoms with van der Waals surface area (Å²) in [5.41, 5.74) is 0.0389. The average molecular weight is 313 g/mol.